The van der Waals surface area contributed by atoms with Crippen LogP contribution in [-0.4, -0.2) is 21.9 Å². The van der Waals surface area contributed by atoms with Gasteiger partial charge in [-0.2, -0.15) is 0 Å². The first kappa shape index (κ1) is 20.7. The summed E-state index contributed by atoms with van der Waals surface area (Å²) in [5.74, 6) is -1.72. The van der Waals surface area contributed by atoms with Gasteiger partial charge < -0.3 is 10.2 Å². The highest BCUT2D eigenvalue weighted by Crippen LogP contribution is 2.42. The molecule has 0 bridgehead atoms. The monoisotopic (exact) mass is 433 g/mol. The van der Waals surface area contributed by atoms with Crippen molar-refractivity contribution in [2.75, 3.05) is 4.90 Å². The lowest BCUT2D eigenvalue weighted by Crippen LogP contribution is -2.29. The highest BCUT2D eigenvalue weighted by Gasteiger charge is 2.47. The van der Waals surface area contributed by atoms with Crippen LogP contribution < -0.4 is 4.90 Å². The molecule has 1 atom stereocenters. The Hall–Kier alpha value is -3.57. The number of aliphatic hydroxyl groups is 1. The minimum atomic E-state index is -0.849. The number of anilines is 1. The number of halogens is 1. The minimum Gasteiger partial charge on any atom is -0.508 e. The number of benzene rings is 3. The number of hydrogen-bond donors (Lipinski definition) is 2. The van der Waals surface area contributed by atoms with Gasteiger partial charge in [0.1, 0.15) is 11.5 Å². The molecule has 1 amide bonds. The standard InChI is InChI=1S/C25H20ClNO4/c1-14-3-10-19(13-15(14)2)27-22(16-6-11-20(28)12-7-16)21(24(30)25(27)31)23(29)17-4-8-18(26)9-5-17/h3-13,22,28-29H,1-2H3/b23-21+. The van der Waals surface area contributed by atoms with Crippen LogP contribution in [0.15, 0.2) is 72.3 Å². The van der Waals surface area contributed by atoms with Gasteiger partial charge in [0, 0.05) is 16.3 Å². The number of aliphatic hydroxyl groups excluding tert-OH is 1. The van der Waals surface area contributed by atoms with Crippen molar-refractivity contribution in [2.45, 2.75) is 19.9 Å². The second-order valence-electron chi connectivity index (χ2n) is 7.54. The second kappa shape index (κ2) is 7.93. The molecule has 3 aromatic rings. The number of phenolic OH excluding ortho intramolecular Hbond substituents is 1. The number of ketones is 1. The fourth-order valence-corrected chi connectivity index (χ4v) is 3.84. The molecule has 1 heterocycles. The summed E-state index contributed by atoms with van der Waals surface area (Å²) in [6.45, 7) is 3.89. The normalized spacial score (nSPS) is 17.9. The maximum atomic E-state index is 13.1. The molecule has 156 valence electrons. The van der Waals surface area contributed by atoms with Gasteiger partial charge in [0.05, 0.1) is 11.6 Å². The Kier molecular flexibility index (Phi) is 5.29. The van der Waals surface area contributed by atoms with Crippen molar-refractivity contribution in [1.29, 1.82) is 0 Å². The van der Waals surface area contributed by atoms with Crippen LogP contribution in [0.5, 0.6) is 5.75 Å². The number of phenols is 1. The van der Waals surface area contributed by atoms with Crippen molar-refractivity contribution in [3.63, 3.8) is 0 Å². The lowest BCUT2D eigenvalue weighted by atomic mass is 9.95. The molecule has 0 spiro atoms. The first-order chi connectivity index (χ1) is 14.8. The smallest absolute Gasteiger partial charge is 0.300 e. The average molecular weight is 434 g/mol. The van der Waals surface area contributed by atoms with E-state index in [1.165, 1.54) is 17.0 Å². The van der Waals surface area contributed by atoms with Crippen molar-refractivity contribution in [1.82, 2.24) is 0 Å². The molecule has 0 radical (unpaired) electrons. The van der Waals surface area contributed by atoms with E-state index in [-0.39, 0.29) is 17.1 Å². The summed E-state index contributed by atoms with van der Waals surface area (Å²) in [7, 11) is 0. The molecule has 3 aromatic carbocycles. The third-order valence-corrected chi connectivity index (χ3v) is 5.79. The Balaban J connectivity index is 1.95. The van der Waals surface area contributed by atoms with Gasteiger partial charge in [0.25, 0.3) is 11.7 Å². The van der Waals surface area contributed by atoms with Crippen LogP contribution in [0.2, 0.25) is 5.02 Å². The van der Waals surface area contributed by atoms with Crippen LogP contribution in [0.4, 0.5) is 5.69 Å². The summed E-state index contributed by atoms with van der Waals surface area (Å²) >= 11 is 5.95. The predicted molar refractivity (Wildman–Crippen MR) is 120 cm³/mol. The number of Topliss-reactive ketones (excluding diaryl/α,β-unsaturated/α-hetero) is 1. The van der Waals surface area contributed by atoms with Gasteiger partial charge in [0.15, 0.2) is 0 Å². The molecule has 0 saturated carbocycles. The van der Waals surface area contributed by atoms with E-state index < -0.39 is 17.7 Å². The van der Waals surface area contributed by atoms with E-state index in [4.69, 9.17) is 11.6 Å². The minimum absolute atomic E-state index is 0.0174. The van der Waals surface area contributed by atoms with E-state index in [1.807, 2.05) is 26.0 Å². The molecule has 31 heavy (non-hydrogen) atoms. The van der Waals surface area contributed by atoms with Gasteiger partial charge in [-0.15, -0.1) is 0 Å². The Labute approximate surface area is 184 Å². The fraction of sp³-hybridized carbons (Fsp3) is 0.120. The topological polar surface area (TPSA) is 77.8 Å². The maximum Gasteiger partial charge on any atom is 0.300 e. The van der Waals surface area contributed by atoms with E-state index in [0.29, 0.717) is 21.8 Å². The van der Waals surface area contributed by atoms with Gasteiger partial charge in [-0.05, 0) is 79.1 Å². The third-order valence-electron chi connectivity index (χ3n) is 5.54. The number of hydrogen-bond acceptors (Lipinski definition) is 4. The first-order valence-electron chi connectivity index (χ1n) is 9.71. The number of nitrogens with zero attached hydrogens (tertiary/aromatic N) is 1. The quantitative estimate of drug-likeness (QED) is 0.334. The van der Waals surface area contributed by atoms with E-state index >= 15 is 0 Å². The van der Waals surface area contributed by atoms with Crippen LogP contribution >= 0.6 is 11.6 Å². The molecule has 1 aliphatic heterocycles. The summed E-state index contributed by atoms with van der Waals surface area (Å²) in [5.41, 5.74) is 3.54. The second-order valence-corrected chi connectivity index (χ2v) is 7.97. The molecule has 2 N–H and O–H groups in total. The first-order valence-corrected chi connectivity index (χ1v) is 10.1. The van der Waals surface area contributed by atoms with Gasteiger partial charge in [0.2, 0.25) is 0 Å². The zero-order valence-corrected chi connectivity index (χ0v) is 17.7. The average Bonchev–Trinajstić information content (AvgIpc) is 3.01. The number of carbonyl (C=O) groups excluding carboxylic acids is 2. The molecule has 1 saturated heterocycles. The van der Waals surface area contributed by atoms with Crippen molar-refractivity contribution in [3.05, 3.63) is 99.6 Å². The van der Waals surface area contributed by atoms with Gasteiger partial charge in [-0.1, -0.05) is 29.8 Å². The largest absolute Gasteiger partial charge is 0.508 e. The maximum absolute atomic E-state index is 13.1. The number of amides is 1. The summed E-state index contributed by atoms with van der Waals surface area (Å²) < 4.78 is 0. The van der Waals surface area contributed by atoms with E-state index in [2.05, 4.69) is 0 Å². The summed E-state index contributed by atoms with van der Waals surface area (Å²) in [6.07, 6.45) is 0. The molecule has 4 rings (SSSR count). The van der Waals surface area contributed by atoms with E-state index in [1.54, 1.807) is 42.5 Å². The Morgan fingerprint density at radius 3 is 2.16 bits per heavy atom. The molecule has 0 aromatic heterocycles. The number of aryl methyl sites for hydroxylation is 2. The molecule has 6 heteroatoms. The molecule has 1 unspecified atom stereocenters. The predicted octanol–water partition coefficient (Wildman–Crippen LogP) is 5.29. The zero-order valence-electron chi connectivity index (χ0n) is 17.0. The van der Waals surface area contributed by atoms with Crippen LogP contribution in [0.3, 0.4) is 0 Å². The molecule has 1 aliphatic rings. The number of carbonyl (C=O) groups is 2. The van der Waals surface area contributed by atoms with Gasteiger partial charge in [-0.25, -0.2) is 0 Å². The Morgan fingerprint density at radius 1 is 0.903 bits per heavy atom. The molecule has 1 fully saturated rings. The zero-order chi connectivity index (χ0) is 22.3. The fourth-order valence-electron chi connectivity index (χ4n) is 3.71. The summed E-state index contributed by atoms with van der Waals surface area (Å²) in [5, 5.41) is 21.2. The van der Waals surface area contributed by atoms with Crippen LogP contribution in [0, 0.1) is 13.8 Å². The summed E-state index contributed by atoms with van der Waals surface area (Å²) in [6, 6.07) is 17.3. The lowest BCUT2D eigenvalue weighted by molar-refractivity contribution is -0.132. The van der Waals surface area contributed by atoms with Gasteiger partial charge in [-0.3, -0.25) is 14.5 Å². The highest BCUT2D eigenvalue weighted by atomic mass is 35.5. The number of rotatable bonds is 3. The molecule has 5 nitrogen and oxygen atoms in total. The van der Waals surface area contributed by atoms with Crippen LogP contribution in [-0.2, 0) is 9.59 Å². The van der Waals surface area contributed by atoms with Gasteiger partial charge >= 0.3 is 0 Å². The lowest BCUT2D eigenvalue weighted by Gasteiger charge is -2.26. The third kappa shape index (κ3) is 3.68. The van der Waals surface area contributed by atoms with Crippen LogP contribution in [0.25, 0.3) is 5.76 Å². The van der Waals surface area contributed by atoms with Crippen molar-refractivity contribution in [3.8, 4) is 5.75 Å². The molecular weight excluding hydrogens is 414 g/mol. The Morgan fingerprint density at radius 2 is 1.55 bits per heavy atom. The van der Waals surface area contributed by atoms with E-state index in [0.717, 1.165) is 11.1 Å². The molecule has 0 aliphatic carbocycles. The molecular formula is C25H20ClNO4. The van der Waals surface area contributed by atoms with Crippen molar-refractivity contribution in [2.24, 2.45) is 0 Å². The van der Waals surface area contributed by atoms with Crippen molar-refractivity contribution < 1.29 is 19.8 Å². The van der Waals surface area contributed by atoms with Crippen molar-refractivity contribution >= 4 is 34.7 Å². The SMILES string of the molecule is Cc1ccc(N2C(=O)C(=O)/C(=C(/O)c3ccc(Cl)cc3)C2c2ccc(O)cc2)cc1C. The Bertz CT molecular complexity index is 1210. The van der Waals surface area contributed by atoms with E-state index in [9.17, 15) is 19.8 Å². The van der Waals surface area contributed by atoms with Crippen LogP contribution in [0.1, 0.15) is 28.3 Å². The summed E-state index contributed by atoms with van der Waals surface area (Å²) in [4.78, 5) is 27.6. The highest BCUT2D eigenvalue weighted by molar-refractivity contribution is 6.51. The number of aromatic hydroxyl groups is 1.